The van der Waals surface area contributed by atoms with Crippen LogP contribution in [-0.2, 0) is 6.54 Å². The van der Waals surface area contributed by atoms with E-state index in [1.807, 2.05) is 0 Å². The first-order valence-electron chi connectivity index (χ1n) is 8.18. The number of nitrogens with one attached hydrogen (secondary N) is 2. The quantitative estimate of drug-likeness (QED) is 0.702. The van der Waals surface area contributed by atoms with Gasteiger partial charge in [0.15, 0.2) is 11.5 Å². The lowest BCUT2D eigenvalue weighted by molar-refractivity contribution is 0.0963. The Labute approximate surface area is 154 Å². The maximum Gasteiger partial charge on any atom is 0.329 e. The Balaban J connectivity index is 2.05. The van der Waals surface area contributed by atoms with Crippen molar-refractivity contribution in [2.75, 3.05) is 21.3 Å². The van der Waals surface area contributed by atoms with E-state index >= 15 is 0 Å². The zero-order chi connectivity index (χ0) is 19.6. The van der Waals surface area contributed by atoms with Gasteiger partial charge in [0.25, 0.3) is 11.5 Å². The molecule has 0 bridgehead atoms. The summed E-state index contributed by atoms with van der Waals surface area (Å²) in [6.07, 6.45) is 0. The molecule has 140 valence electrons. The molecule has 0 aliphatic rings. The smallest absolute Gasteiger partial charge is 0.329 e. The summed E-state index contributed by atoms with van der Waals surface area (Å²) in [5, 5.41) is 2.85. The van der Waals surface area contributed by atoms with Crippen LogP contribution in [0.3, 0.4) is 0 Å². The van der Waals surface area contributed by atoms with Crippen LogP contribution in [0.15, 0.2) is 46.0 Å². The van der Waals surface area contributed by atoms with Gasteiger partial charge in [0, 0.05) is 18.7 Å². The molecule has 8 heteroatoms. The monoisotopic (exact) mass is 369 g/mol. The number of rotatable bonds is 5. The molecule has 0 unspecified atom stereocenters. The SMILES string of the molecule is CNC(=O)c1ccc(Cn2c(=O)[nH]c3cc(OC)c(OC)cc3c2=O)cc1. The fourth-order valence-electron chi connectivity index (χ4n) is 2.81. The van der Waals surface area contributed by atoms with E-state index in [2.05, 4.69) is 10.3 Å². The highest BCUT2D eigenvalue weighted by Crippen LogP contribution is 2.29. The van der Waals surface area contributed by atoms with Crippen molar-refractivity contribution in [3.8, 4) is 11.5 Å². The molecule has 0 radical (unpaired) electrons. The Kier molecular flexibility index (Phi) is 4.98. The third kappa shape index (κ3) is 3.41. The summed E-state index contributed by atoms with van der Waals surface area (Å²) in [5.41, 5.74) is 0.613. The molecule has 2 N–H and O–H groups in total. The van der Waals surface area contributed by atoms with Crippen LogP contribution in [0.5, 0.6) is 11.5 Å². The molecule has 2 aromatic carbocycles. The van der Waals surface area contributed by atoms with Gasteiger partial charge in [0.1, 0.15) is 0 Å². The number of methoxy groups -OCH3 is 2. The zero-order valence-electron chi connectivity index (χ0n) is 15.2. The van der Waals surface area contributed by atoms with Crippen molar-refractivity contribution < 1.29 is 14.3 Å². The first kappa shape index (κ1) is 18.2. The first-order valence-corrected chi connectivity index (χ1v) is 8.18. The van der Waals surface area contributed by atoms with E-state index in [0.29, 0.717) is 28.0 Å². The summed E-state index contributed by atoms with van der Waals surface area (Å²) in [4.78, 5) is 39.5. The molecular formula is C19H19N3O5. The molecule has 0 saturated heterocycles. The van der Waals surface area contributed by atoms with Gasteiger partial charge in [-0.05, 0) is 23.8 Å². The second-order valence-corrected chi connectivity index (χ2v) is 5.85. The van der Waals surface area contributed by atoms with Gasteiger partial charge in [-0.2, -0.15) is 0 Å². The summed E-state index contributed by atoms with van der Waals surface area (Å²) < 4.78 is 11.5. The lowest BCUT2D eigenvalue weighted by Crippen LogP contribution is -2.35. The minimum atomic E-state index is -0.532. The molecule has 3 rings (SSSR count). The maximum atomic E-state index is 12.8. The zero-order valence-corrected chi connectivity index (χ0v) is 15.2. The van der Waals surface area contributed by atoms with Crippen LogP contribution in [0.25, 0.3) is 10.9 Å². The third-order valence-corrected chi connectivity index (χ3v) is 4.27. The molecule has 0 aliphatic heterocycles. The van der Waals surface area contributed by atoms with Crippen molar-refractivity contribution >= 4 is 16.8 Å². The van der Waals surface area contributed by atoms with Gasteiger partial charge in [-0.15, -0.1) is 0 Å². The van der Waals surface area contributed by atoms with Crippen LogP contribution < -0.4 is 26.0 Å². The van der Waals surface area contributed by atoms with E-state index in [4.69, 9.17) is 9.47 Å². The number of aromatic nitrogens is 2. The Morgan fingerprint density at radius 1 is 1.07 bits per heavy atom. The second kappa shape index (κ2) is 7.36. The fourth-order valence-corrected chi connectivity index (χ4v) is 2.81. The summed E-state index contributed by atoms with van der Waals surface area (Å²) in [6, 6.07) is 9.78. The van der Waals surface area contributed by atoms with Crippen LogP contribution in [0.2, 0.25) is 0 Å². The first-order chi connectivity index (χ1) is 13.0. The molecule has 3 aromatic rings. The minimum absolute atomic E-state index is 0.0759. The van der Waals surface area contributed by atoms with E-state index in [0.717, 1.165) is 10.1 Å². The number of hydrogen-bond donors (Lipinski definition) is 2. The van der Waals surface area contributed by atoms with Gasteiger partial charge in [-0.1, -0.05) is 12.1 Å². The molecule has 0 spiro atoms. The number of hydrogen-bond acceptors (Lipinski definition) is 5. The highest BCUT2D eigenvalue weighted by molar-refractivity contribution is 5.93. The number of carbonyl (C=O) groups is 1. The fraction of sp³-hybridized carbons (Fsp3) is 0.211. The topological polar surface area (TPSA) is 102 Å². The highest BCUT2D eigenvalue weighted by Gasteiger charge is 2.13. The number of amides is 1. The van der Waals surface area contributed by atoms with Gasteiger partial charge in [-0.3, -0.25) is 14.2 Å². The number of benzene rings is 2. The number of fused-ring (bicyclic) bond motifs is 1. The number of carbonyl (C=O) groups excluding carboxylic acids is 1. The van der Waals surface area contributed by atoms with Crippen molar-refractivity contribution in [2.24, 2.45) is 0 Å². The van der Waals surface area contributed by atoms with Crippen LogP contribution in [0, 0.1) is 0 Å². The third-order valence-electron chi connectivity index (χ3n) is 4.27. The average molecular weight is 369 g/mol. The molecule has 1 heterocycles. The molecule has 8 nitrogen and oxygen atoms in total. The van der Waals surface area contributed by atoms with Crippen molar-refractivity contribution in [1.29, 1.82) is 0 Å². The van der Waals surface area contributed by atoms with Crippen LogP contribution in [0.4, 0.5) is 0 Å². The van der Waals surface area contributed by atoms with E-state index in [9.17, 15) is 14.4 Å². The van der Waals surface area contributed by atoms with Crippen molar-refractivity contribution in [3.63, 3.8) is 0 Å². The Morgan fingerprint density at radius 3 is 2.30 bits per heavy atom. The van der Waals surface area contributed by atoms with Gasteiger partial charge >= 0.3 is 5.69 Å². The van der Waals surface area contributed by atoms with Gasteiger partial charge in [0.2, 0.25) is 0 Å². The molecule has 0 fully saturated rings. The normalized spacial score (nSPS) is 10.6. The predicted molar refractivity (Wildman–Crippen MR) is 101 cm³/mol. The number of ether oxygens (including phenoxy) is 2. The number of nitrogens with zero attached hydrogens (tertiary/aromatic N) is 1. The van der Waals surface area contributed by atoms with Gasteiger partial charge in [0.05, 0.1) is 31.7 Å². The largest absolute Gasteiger partial charge is 0.493 e. The Morgan fingerprint density at radius 2 is 1.70 bits per heavy atom. The Hall–Kier alpha value is -3.55. The summed E-state index contributed by atoms with van der Waals surface area (Å²) in [5.74, 6) is 0.613. The van der Waals surface area contributed by atoms with Crippen molar-refractivity contribution in [3.05, 3.63) is 68.4 Å². The summed E-state index contributed by atoms with van der Waals surface area (Å²) >= 11 is 0. The lowest BCUT2D eigenvalue weighted by Gasteiger charge is -2.11. The minimum Gasteiger partial charge on any atom is -0.493 e. The van der Waals surface area contributed by atoms with E-state index in [1.165, 1.54) is 20.3 Å². The molecule has 0 aliphatic carbocycles. The highest BCUT2D eigenvalue weighted by atomic mass is 16.5. The second-order valence-electron chi connectivity index (χ2n) is 5.85. The van der Waals surface area contributed by atoms with Gasteiger partial charge < -0.3 is 19.8 Å². The lowest BCUT2D eigenvalue weighted by atomic mass is 10.1. The predicted octanol–water partition coefficient (Wildman–Crippen LogP) is 1.11. The average Bonchev–Trinajstić information content (AvgIpc) is 2.70. The van der Waals surface area contributed by atoms with E-state index in [1.54, 1.807) is 37.4 Å². The van der Waals surface area contributed by atoms with Crippen LogP contribution in [0.1, 0.15) is 15.9 Å². The molecule has 27 heavy (non-hydrogen) atoms. The summed E-state index contributed by atoms with van der Waals surface area (Å²) in [7, 11) is 4.50. The maximum absolute atomic E-state index is 12.8. The molecule has 1 aromatic heterocycles. The standard InChI is InChI=1S/C19H19N3O5/c1-20-17(23)12-6-4-11(5-7-12)10-22-18(24)13-8-15(26-2)16(27-3)9-14(13)21-19(22)25/h4-9H,10H2,1-3H3,(H,20,23)(H,21,25). The number of aromatic amines is 1. The van der Waals surface area contributed by atoms with E-state index in [-0.39, 0.29) is 12.5 Å². The summed E-state index contributed by atoms with van der Waals surface area (Å²) in [6.45, 7) is 0.0759. The molecule has 0 saturated carbocycles. The van der Waals surface area contributed by atoms with Crippen molar-refractivity contribution in [2.45, 2.75) is 6.54 Å². The van der Waals surface area contributed by atoms with Crippen LogP contribution >= 0.6 is 0 Å². The van der Waals surface area contributed by atoms with Gasteiger partial charge in [-0.25, -0.2) is 4.79 Å². The number of H-pyrrole nitrogens is 1. The molecule has 1 amide bonds. The van der Waals surface area contributed by atoms with Crippen LogP contribution in [-0.4, -0.2) is 36.7 Å². The Bertz CT molecular complexity index is 1110. The van der Waals surface area contributed by atoms with E-state index < -0.39 is 11.2 Å². The van der Waals surface area contributed by atoms with Crippen molar-refractivity contribution in [1.82, 2.24) is 14.9 Å². The molecule has 0 atom stereocenters. The molecular weight excluding hydrogens is 350 g/mol.